The zero-order chi connectivity index (χ0) is 16.4. The molecule has 0 saturated heterocycles. The number of aliphatic imine (C=N–C) groups is 1. The number of hydrogen-bond donors (Lipinski definition) is 1. The van der Waals surface area contributed by atoms with Crippen LogP contribution in [0.25, 0.3) is 10.9 Å². The molecule has 0 aliphatic rings. The van der Waals surface area contributed by atoms with E-state index in [4.69, 9.17) is 4.74 Å². The van der Waals surface area contributed by atoms with Crippen molar-refractivity contribution in [3.05, 3.63) is 54.2 Å². The van der Waals surface area contributed by atoms with Gasteiger partial charge in [-0.2, -0.15) is 0 Å². The maximum absolute atomic E-state index is 12.0. The maximum atomic E-state index is 12.0. The third kappa shape index (κ3) is 2.68. The Morgan fingerprint density at radius 2 is 2.00 bits per heavy atom. The normalized spacial score (nSPS) is 11.2. The van der Waals surface area contributed by atoms with Crippen LogP contribution < -0.4 is 4.74 Å². The molecule has 0 amide bonds. The third-order valence-corrected chi connectivity index (χ3v) is 3.59. The summed E-state index contributed by atoms with van der Waals surface area (Å²) in [5.41, 5.74) is 1.69. The maximum Gasteiger partial charge on any atom is 0.228 e. The Labute approximate surface area is 133 Å². The molecule has 0 spiro atoms. The van der Waals surface area contributed by atoms with Crippen LogP contribution in [0.2, 0.25) is 0 Å². The van der Waals surface area contributed by atoms with Gasteiger partial charge in [-0.15, -0.1) is 0 Å². The van der Waals surface area contributed by atoms with Crippen molar-refractivity contribution in [2.75, 3.05) is 7.11 Å². The van der Waals surface area contributed by atoms with Crippen LogP contribution in [0, 0.1) is 0 Å². The van der Waals surface area contributed by atoms with Gasteiger partial charge in [-0.25, -0.2) is 0 Å². The molecule has 2 aromatic carbocycles. The molecule has 0 atom stereocenters. The summed E-state index contributed by atoms with van der Waals surface area (Å²) in [6.45, 7) is 1.45. The lowest BCUT2D eigenvalue weighted by Crippen LogP contribution is -2.08. The van der Waals surface area contributed by atoms with Crippen LogP contribution in [-0.2, 0) is 0 Å². The van der Waals surface area contributed by atoms with Crippen molar-refractivity contribution in [2.24, 2.45) is 4.99 Å². The molecule has 3 rings (SSSR count). The first-order chi connectivity index (χ1) is 11.1. The van der Waals surface area contributed by atoms with E-state index in [9.17, 15) is 9.90 Å². The van der Waals surface area contributed by atoms with Crippen molar-refractivity contribution in [3.8, 4) is 11.5 Å². The fourth-order valence-corrected chi connectivity index (χ4v) is 2.53. The molecule has 0 aliphatic carbocycles. The summed E-state index contributed by atoms with van der Waals surface area (Å²) >= 11 is 0. The number of ether oxygens (including phenoxy) is 1. The summed E-state index contributed by atoms with van der Waals surface area (Å²) in [7, 11) is 1.59. The number of nitrogens with zero attached hydrogens (tertiary/aromatic N) is 2. The van der Waals surface area contributed by atoms with Gasteiger partial charge in [-0.05, 0) is 24.3 Å². The van der Waals surface area contributed by atoms with Gasteiger partial charge in [-0.3, -0.25) is 14.4 Å². The highest BCUT2D eigenvalue weighted by Crippen LogP contribution is 2.31. The molecular weight excluding hydrogens is 292 g/mol. The van der Waals surface area contributed by atoms with Gasteiger partial charge >= 0.3 is 0 Å². The van der Waals surface area contributed by atoms with E-state index in [1.165, 1.54) is 17.7 Å². The summed E-state index contributed by atoms with van der Waals surface area (Å²) < 4.78 is 6.61. The molecule has 1 aromatic heterocycles. The van der Waals surface area contributed by atoms with Gasteiger partial charge in [-0.1, -0.05) is 18.2 Å². The van der Waals surface area contributed by atoms with Gasteiger partial charge < -0.3 is 9.84 Å². The van der Waals surface area contributed by atoms with E-state index in [0.717, 1.165) is 0 Å². The summed E-state index contributed by atoms with van der Waals surface area (Å²) in [5, 5.41) is 11.0. The molecule has 0 bridgehead atoms. The van der Waals surface area contributed by atoms with Crippen LogP contribution in [0.4, 0.5) is 5.69 Å². The second-order valence-corrected chi connectivity index (χ2v) is 5.07. The number of para-hydroxylation sites is 1. The highest BCUT2D eigenvalue weighted by atomic mass is 16.5. The first-order valence-corrected chi connectivity index (χ1v) is 7.13. The second-order valence-electron chi connectivity index (χ2n) is 5.07. The summed E-state index contributed by atoms with van der Waals surface area (Å²) in [6.07, 6.45) is 1.49. The molecule has 0 fully saturated rings. The zero-order valence-electron chi connectivity index (χ0n) is 12.9. The number of methoxy groups -OCH3 is 1. The minimum Gasteiger partial charge on any atom is -0.505 e. The van der Waals surface area contributed by atoms with Crippen LogP contribution in [0.3, 0.4) is 0 Å². The molecule has 3 aromatic rings. The van der Waals surface area contributed by atoms with E-state index < -0.39 is 0 Å². The number of rotatable bonds is 3. The van der Waals surface area contributed by atoms with Crippen molar-refractivity contribution in [1.82, 2.24) is 4.57 Å². The third-order valence-electron chi connectivity index (χ3n) is 3.59. The molecule has 23 heavy (non-hydrogen) atoms. The van der Waals surface area contributed by atoms with Crippen molar-refractivity contribution in [3.63, 3.8) is 0 Å². The fourth-order valence-electron chi connectivity index (χ4n) is 2.53. The SMILES string of the molecule is COc1cccc(N=Cc2c(O)c3ccccc3n2C(C)=O)c1. The number of carbonyl (C=O) groups is 1. The minimum absolute atomic E-state index is 0.0439. The van der Waals surface area contributed by atoms with E-state index in [2.05, 4.69) is 4.99 Å². The lowest BCUT2D eigenvalue weighted by atomic mass is 10.2. The molecule has 0 unspecified atom stereocenters. The molecule has 116 valence electrons. The van der Waals surface area contributed by atoms with Crippen LogP contribution in [-0.4, -0.2) is 28.9 Å². The largest absolute Gasteiger partial charge is 0.505 e. The first-order valence-electron chi connectivity index (χ1n) is 7.13. The van der Waals surface area contributed by atoms with E-state index in [1.54, 1.807) is 25.3 Å². The highest BCUT2D eigenvalue weighted by Gasteiger charge is 2.17. The lowest BCUT2D eigenvalue weighted by Gasteiger charge is -2.03. The minimum atomic E-state index is -0.186. The van der Waals surface area contributed by atoms with Crippen molar-refractivity contribution < 1.29 is 14.6 Å². The standard InChI is InChI=1S/C18H16N2O3/c1-12(21)20-16-9-4-3-8-15(16)18(22)17(20)11-19-13-6-5-7-14(10-13)23-2/h3-11,22H,1-2H3. The van der Waals surface area contributed by atoms with Crippen LogP contribution in [0.15, 0.2) is 53.5 Å². The molecule has 1 heterocycles. The average molecular weight is 308 g/mol. The quantitative estimate of drug-likeness (QED) is 0.749. The summed E-state index contributed by atoms with van der Waals surface area (Å²) in [6, 6.07) is 14.4. The molecule has 0 radical (unpaired) electrons. The van der Waals surface area contributed by atoms with Crippen LogP contribution >= 0.6 is 0 Å². The Morgan fingerprint density at radius 3 is 2.74 bits per heavy atom. The molecule has 5 heteroatoms. The number of aromatic nitrogens is 1. The topological polar surface area (TPSA) is 63.8 Å². The molecular formula is C18H16N2O3. The van der Waals surface area contributed by atoms with Gasteiger partial charge in [0.15, 0.2) is 5.75 Å². The van der Waals surface area contributed by atoms with Crippen LogP contribution in [0.5, 0.6) is 11.5 Å². The smallest absolute Gasteiger partial charge is 0.228 e. The predicted molar refractivity (Wildman–Crippen MR) is 90.2 cm³/mol. The Bertz CT molecular complexity index is 910. The number of aromatic hydroxyl groups is 1. The highest BCUT2D eigenvalue weighted by molar-refractivity contribution is 6.04. The fraction of sp³-hybridized carbons (Fsp3) is 0.111. The summed E-state index contributed by atoms with van der Waals surface area (Å²) in [5.74, 6) is 0.548. The Kier molecular flexibility index (Phi) is 3.85. The molecule has 0 aliphatic heterocycles. The average Bonchev–Trinajstić information content (AvgIpc) is 2.86. The lowest BCUT2D eigenvalue weighted by molar-refractivity contribution is 0.0940. The monoisotopic (exact) mass is 308 g/mol. The molecule has 0 saturated carbocycles. The zero-order valence-corrected chi connectivity index (χ0v) is 12.9. The Balaban J connectivity index is 2.12. The Morgan fingerprint density at radius 1 is 1.22 bits per heavy atom. The number of fused-ring (bicyclic) bond motifs is 1. The number of benzene rings is 2. The van der Waals surface area contributed by atoms with E-state index in [-0.39, 0.29) is 11.7 Å². The number of hydrogen-bond acceptors (Lipinski definition) is 4. The Hall–Kier alpha value is -3.08. The van der Waals surface area contributed by atoms with Gasteiger partial charge in [0, 0.05) is 18.4 Å². The van der Waals surface area contributed by atoms with Crippen molar-refractivity contribution >= 4 is 28.7 Å². The second kappa shape index (κ2) is 5.96. The summed E-state index contributed by atoms with van der Waals surface area (Å²) in [4.78, 5) is 16.3. The molecule has 1 N–H and O–H groups in total. The van der Waals surface area contributed by atoms with Gasteiger partial charge in [0.2, 0.25) is 5.91 Å². The number of carbonyl (C=O) groups excluding carboxylic acids is 1. The van der Waals surface area contributed by atoms with Gasteiger partial charge in [0.25, 0.3) is 0 Å². The predicted octanol–water partition coefficient (Wildman–Crippen LogP) is 3.77. The van der Waals surface area contributed by atoms with Crippen molar-refractivity contribution in [1.29, 1.82) is 0 Å². The first kappa shape index (κ1) is 14.8. The van der Waals surface area contributed by atoms with E-state index in [0.29, 0.717) is 28.0 Å². The van der Waals surface area contributed by atoms with Gasteiger partial charge in [0.1, 0.15) is 11.4 Å². The van der Waals surface area contributed by atoms with Crippen molar-refractivity contribution in [2.45, 2.75) is 6.92 Å². The van der Waals surface area contributed by atoms with E-state index in [1.807, 2.05) is 30.3 Å². The van der Waals surface area contributed by atoms with Crippen LogP contribution in [0.1, 0.15) is 17.4 Å². The van der Waals surface area contributed by atoms with Gasteiger partial charge in [0.05, 0.1) is 24.5 Å². The van der Waals surface area contributed by atoms with E-state index >= 15 is 0 Å². The molecule has 5 nitrogen and oxygen atoms in total.